The van der Waals surface area contributed by atoms with Crippen molar-refractivity contribution in [3.05, 3.63) is 160 Å². The first-order chi connectivity index (χ1) is 34.9. The SMILES string of the molecule is OC1(c2ccc3c(Cl)ccnc3c2)CCC(OCc2c(-c3c(Cl)cccc3Cl)noc2C2CC2)CC1.OC1(c2ccc3c(I)ccnc3c2)CCC(OCc2c(-c3c(Cl)cccc3Cl)noc2C2CC2)CC1. The Bertz CT molecular complexity index is 3030. The zero-order valence-corrected chi connectivity index (χ0v) is 45.0. The number of aliphatic hydroxyl groups is 2. The molecule has 10 nitrogen and oxygen atoms in total. The van der Waals surface area contributed by atoms with Gasteiger partial charge in [-0.3, -0.25) is 9.97 Å². The lowest BCUT2D eigenvalue weighted by Gasteiger charge is -2.36. The van der Waals surface area contributed by atoms with Gasteiger partial charge in [0.25, 0.3) is 0 Å². The quantitative estimate of drug-likeness (QED) is 0.114. The van der Waals surface area contributed by atoms with Crippen LogP contribution in [0.15, 0.2) is 106 Å². The molecule has 4 heterocycles. The Labute approximate surface area is 455 Å². The van der Waals surface area contributed by atoms with E-state index in [9.17, 15) is 10.2 Å². The van der Waals surface area contributed by atoms with Crippen molar-refractivity contribution >= 4 is 102 Å². The number of benzene rings is 4. The van der Waals surface area contributed by atoms with Crippen LogP contribution in [0.3, 0.4) is 0 Å². The number of aromatic nitrogens is 4. The Morgan fingerprint density at radius 1 is 0.528 bits per heavy atom. The van der Waals surface area contributed by atoms with Gasteiger partial charge >= 0.3 is 0 Å². The highest BCUT2D eigenvalue weighted by Gasteiger charge is 2.39. The number of hydrogen-bond acceptors (Lipinski definition) is 10. The summed E-state index contributed by atoms with van der Waals surface area (Å²) < 4.78 is 25.4. The van der Waals surface area contributed by atoms with Crippen LogP contribution in [-0.2, 0) is 33.9 Å². The number of hydrogen-bond donors (Lipinski definition) is 2. The minimum atomic E-state index is -0.912. The molecule has 12 rings (SSSR count). The first kappa shape index (κ1) is 50.3. The van der Waals surface area contributed by atoms with Crippen LogP contribution < -0.4 is 0 Å². The van der Waals surface area contributed by atoms with Gasteiger partial charge in [0, 0.05) is 60.8 Å². The van der Waals surface area contributed by atoms with Crippen molar-refractivity contribution in [2.45, 2.75) is 126 Å². The van der Waals surface area contributed by atoms with Crippen LogP contribution in [-0.4, -0.2) is 42.7 Å². The minimum Gasteiger partial charge on any atom is -0.385 e. The van der Waals surface area contributed by atoms with Crippen LogP contribution in [0.5, 0.6) is 0 Å². The second kappa shape index (κ2) is 21.0. The standard InChI is InChI=1S/C28H25Cl3N2O3.C28H25Cl2IN2O3/c29-21-10-13-32-24-14-17(6-7-19(21)24)28(34)11-8-18(9-12-28)35-15-20-26(33-36-27(20)16-4-5-16)25-22(30)2-1-3-23(25)31;29-21-2-1-3-22(30)25(21)26-20(27(36-33-26)16-4-5-16)15-35-18-8-11-28(34,12-9-18)17-6-7-19-23(31)10-13-32-24(19)14-17/h2*1-3,6-7,10,13-14,16,18,34H,4-5,8-9,11-12,15H2. The van der Waals surface area contributed by atoms with E-state index in [0.717, 1.165) is 111 Å². The van der Waals surface area contributed by atoms with Crippen molar-refractivity contribution in [2.24, 2.45) is 0 Å². The predicted molar refractivity (Wildman–Crippen MR) is 291 cm³/mol. The molecule has 0 saturated heterocycles. The van der Waals surface area contributed by atoms with Crippen LogP contribution in [0.2, 0.25) is 25.1 Å². The normalized spacial score (nSPS) is 22.3. The number of nitrogens with zero attached hydrogens (tertiary/aromatic N) is 4. The number of ether oxygens (including phenoxy) is 2. The van der Waals surface area contributed by atoms with Crippen molar-refractivity contribution in [2.75, 3.05) is 0 Å². The van der Waals surface area contributed by atoms with E-state index in [-0.39, 0.29) is 12.2 Å². The zero-order chi connectivity index (χ0) is 49.7. The van der Waals surface area contributed by atoms with Gasteiger partial charge in [-0.05, 0) is 159 Å². The summed E-state index contributed by atoms with van der Waals surface area (Å²) in [6.45, 7) is 0.751. The number of rotatable bonds is 12. The average molecular weight is 1180 g/mol. The number of fused-ring (bicyclic) bond motifs is 2. The largest absolute Gasteiger partial charge is 0.385 e. The van der Waals surface area contributed by atoms with E-state index >= 15 is 0 Å². The Balaban J connectivity index is 0.000000156. The first-order valence-electron chi connectivity index (χ1n) is 24.5. The van der Waals surface area contributed by atoms with Gasteiger partial charge in [-0.2, -0.15) is 0 Å². The molecule has 4 aliphatic rings. The number of halogens is 6. The van der Waals surface area contributed by atoms with E-state index in [0.29, 0.717) is 98.4 Å². The first-order valence-corrected chi connectivity index (χ1v) is 27.5. The maximum atomic E-state index is 11.5. The third-order valence-electron chi connectivity index (χ3n) is 14.8. The minimum absolute atomic E-state index is 0.0230. The summed E-state index contributed by atoms with van der Waals surface area (Å²) in [6, 6.07) is 26.6. The smallest absolute Gasteiger partial charge is 0.145 e. The average Bonchev–Trinajstić information content (AvgIpc) is 4.33. The van der Waals surface area contributed by atoms with Crippen LogP contribution in [0, 0.1) is 3.57 Å². The summed E-state index contributed by atoms with van der Waals surface area (Å²) in [7, 11) is 0. The van der Waals surface area contributed by atoms with Gasteiger partial charge < -0.3 is 28.7 Å². The fourth-order valence-corrected chi connectivity index (χ4v) is 12.3. The molecular formula is C56H50Cl5IN4O6. The summed E-state index contributed by atoms with van der Waals surface area (Å²) in [6.07, 6.45) is 13.4. The van der Waals surface area contributed by atoms with Crippen molar-refractivity contribution in [3.8, 4) is 22.5 Å². The van der Waals surface area contributed by atoms with E-state index < -0.39 is 11.2 Å². The summed E-state index contributed by atoms with van der Waals surface area (Å²) in [4.78, 5) is 8.92. The second-order valence-corrected chi connectivity index (χ2v) is 22.8. The third-order valence-corrected chi connectivity index (χ3v) is 17.4. The Morgan fingerprint density at radius 3 is 1.39 bits per heavy atom. The molecule has 16 heteroatoms. The third kappa shape index (κ3) is 10.4. The second-order valence-electron chi connectivity index (χ2n) is 19.6. The Kier molecular flexibility index (Phi) is 14.7. The Hall–Kier alpha value is -3.86. The van der Waals surface area contributed by atoms with E-state index in [1.807, 2.05) is 66.9 Å². The lowest BCUT2D eigenvalue weighted by Crippen LogP contribution is -2.34. The van der Waals surface area contributed by atoms with E-state index in [2.05, 4.69) is 48.9 Å². The molecule has 2 N–H and O–H groups in total. The fourth-order valence-electron chi connectivity index (χ4n) is 10.4. The van der Waals surface area contributed by atoms with E-state index in [1.54, 1.807) is 24.4 Å². The molecule has 0 spiro atoms. The van der Waals surface area contributed by atoms with E-state index in [4.69, 9.17) is 76.5 Å². The monoisotopic (exact) mass is 1180 g/mol. The van der Waals surface area contributed by atoms with Gasteiger partial charge in [0.05, 0.1) is 72.8 Å². The molecule has 4 aromatic carbocycles. The highest BCUT2D eigenvalue weighted by Crippen LogP contribution is 2.49. The lowest BCUT2D eigenvalue weighted by atomic mass is 9.78. The van der Waals surface area contributed by atoms with E-state index in [1.165, 1.54) is 0 Å². The summed E-state index contributed by atoms with van der Waals surface area (Å²) in [5, 5.41) is 36.4. The van der Waals surface area contributed by atoms with Crippen LogP contribution >= 0.6 is 80.6 Å². The number of pyridine rings is 2. The molecule has 4 saturated carbocycles. The van der Waals surface area contributed by atoms with Gasteiger partial charge in [-0.15, -0.1) is 0 Å². The zero-order valence-electron chi connectivity index (χ0n) is 39.0. The molecule has 72 heavy (non-hydrogen) atoms. The molecule has 0 aliphatic heterocycles. The van der Waals surface area contributed by atoms with Gasteiger partial charge in [-0.1, -0.05) is 105 Å². The molecule has 0 unspecified atom stereocenters. The molecular weight excluding hydrogens is 1130 g/mol. The van der Waals surface area contributed by atoms with Gasteiger partial charge in [-0.25, -0.2) is 0 Å². The maximum Gasteiger partial charge on any atom is 0.145 e. The topological polar surface area (TPSA) is 137 Å². The molecule has 4 aromatic heterocycles. The molecule has 4 aliphatic carbocycles. The molecule has 372 valence electrons. The summed E-state index contributed by atoms with van der Waals surface area (Å²) >= 11 is 34.5. The summed E-state index contributed by atoms with van der Waals surface area (Å²) in [5.41, 5.74) is 6.26. The van der Waals surface area contributed by atoms with Crippen LogP contribution in [0.4, 0.5) is 0 Å². The van der Waals surface area contributed by atoms with Gasteiger partial charge in [0.15, 0.2) is 0 Å². The van der Waals surface area contributed by atoms with Crippen LogP contribution in [0.25, 0.3) is 44.3 Å². The summed E-state index contributed by atoms with van der Waals surface area (Å²) in [5.74, 6) is 2.51. The molecule has 0 amide bonds. The van der Waals surface area contributed by atoms with Crippen LogP contribution in [0.1, 0.15) is 123 Å². The molecule has 0 radical (unpaired) electrons. The molecule has 4 fully saturated rings. The van der Waals surface area contributed by atoms with Crippen molar-refractivity contribution in [3.63, 3.8) is 0 Å². The molecule has 0 atom stereocenters. The van der Waals surface area contributed by atoms with Gasteiger partial charge in [0.1, 0.15) is 22.9 Å². The Morgan fingerprint density at radius 2 is 0.944 bits per heavy atom. The highest BCUT2D eigenvalue weighted by atomic mass is 127. The van der Waals surface area contributed by atoms with Gasteiger partial charge in [0.2, 0.25) is 0 Å². The highest BCUT2D eigenvalue weighted by molar-refractivity contribution is 14.1. The maximum absolute atomic E-state index is 11.5. The molecule has 0 bridgehead atoms. The van der Waals surface area contributed by atoms with Crippen molar-refractivity contribution < 1.29 is 28.7 Å². The lowest BCUT2D eigenvalue weighted by molar-refractivity contribution is -0.0641. The predicted octanol–water partition coefficient (Wildman–Crippen LogP) is 16.1. The van der Waals surface area contributed by atoms with Crippen molar-refractivity contribution in [1.82, 2.24) is 20.3 Å². The molecule has 8 aromatic rings. The fraction of sp³-hybridized carbons (Fsp3) is 0.357. The van der Waals surface area contributed by atoms with Crippen molar-refractivity contribution in [1.29, 1.82) is 0 Å².